The molecule has 0 saturated carbocycles. The summed E-state index contributed by atoms with van der Waals surface area (Å²) in [6.07, 6.45) is 3.44. The minimum Gasteiger partial charge on any atom is -0.457 e. The summed E-state index contributed by atoms with van der Waals surface area (Å²) in [4.78, 5) is 24.0. The molecule has 0 bridgehead atoms. The number of ether oxygens (including phenoxy) is 1. The van der Waals surface area contributed by atoms with E-state index in [4.69, 9.17) is 4.74 Å². The van der Waals surface area contributed by atoms with E-state index in [1.54, 1.807) is 63.2 Å². The number of anilines is 1. The predicted molar refractivity (Wildman–Crippen MR) is 112 cm³/mol. The van der Waals surface area contributed by atoms with Crippen molar-refractivity contribution in [3.63, 3.8) is 0 Å². The van der Waals surface area contributed by atoms with Crippen LogP contribution in [0.25, 0.3) is 6.08 Å². The molecule has 6 heteroatoms. The van der Waals surface area contributed by atoms with Crippen LogP contribution in [0, 0.1) is 5.82 Å². The molecule has 2 rings (SSSR count). The van der Waals surface area contributed by atoms with Gasteiger partial charge in [-0.1, -0.05) is 24.3 Å². The predicted octanol–water partition coefficient (Wildman–Crippen LogP) is 5.51. The SMILES string of the molecule is CC(C)(C)OC(=O)/C=C/c1ccc(Br)c(NC(=O)CCc2ccccc2F)c1. The van der Waals surface area contributed by atoms with Crippen molar-refractivity contribution in [2.45, 2.75) is 39.2 Å². The zero-order chi connectivity index (χ0) is 20.7. The number of aryl methyl sites for hydroxylation is 1. The minimum absolute atomic E-state index is 0.158. The maximum absolute atomic E-state index is 13.7. The second-order valence-corrected chi connectivity index (χ2v) is 8.10. The molecule has 2 aromatic carbocycles. The number of carbonyl (C=O) groups is 2. The van der Waals surface area contributed by atoms with Gasteiger partial charge < -0.3 is 10.1 Å². The maximum atomic E-state index is 13.7. The van der Waals surface area contributed by atoms with Crippen molar-refractivity contribution in [2.75, 3.05) is 5.32 Å². The molecular formula is C22H23BrFNO3. The van der Waals surface area contributed by atoms with E-state index in [1.807, 2.05) is 0 Å². The fourth-order valence-electron chi connectivity index (χ4n) is 2.40. The highest BCUT2D eigenvalue weighted by Gasteiger charge is 2.14. The summed E-state index contributed by atoms with van der Waals surface area (Å²) in [5.74, 6) is -0.978. The Morgan fingerprint density at radius 1 is 1.18 bits per heavy atom. The fraction of sp³-hybridized carbons (Fsp3) is 0.273. The van der Waals surface area contributed by atoms with Crippen LogP contribution in [0.3, 0.4) is 0 Å². The summed E-state index contributed by atoms with van der Waals surface area (Å²) >= 11 is 3.40. The van der Waals surface area contributed by atoms with Gasteiger partial charge in [-0.05, 0) is 78.5 Å². The van der Waals surface area contributed by atoms with Crippen LogP contribution in [0.4, 0.5) is 10.1 Å². The largest absolute Gasteiger partial charge is 0.457 e. The first-order valence-electron chi connectivity index (χ1n) is 8.88. The molecule has 0 unspecified atom stereocenters. The van der Waals surface area contributed by atoms with Crippen molar-refractivity contribution in [3.05, 3.63) is 70.0 Å². The van der Waals surface area contributed by atoms with Crippen LogP contribution in [0.1, 0.15) is 38.3 Å². The number of amides is 1. The van der Waals surface area contributed by atoms with Crippen molar-refractivity contribution in [1.29, 1.82) is 0 Å². The number of halogens is 2. The van der Waals surface area contributed by atoms with Gasteiger partial charge in [0.05, 0.1) is 5.69 Å². The highest BCUT2D eigenvalue weighted by molar-refractivity contribution is 9.10. The number of benzene rings is 2. The summed E-state index contributed by atoms with van der Waals surface area (Å²) in [6, 6.07) is 11.7. The lowest BCUT2D eigenvalue weighted by Crippen LogP contribution is -2.22. The second-order valence-electron chi connectivity index (χ2n) is 7.25. The van der Waals surface area contributed by atoms with Crippen molar-refractivity contribution in [3.8, 4) is 0 Å². The maximum Gasteiger partial charge on any atom is 0.331 e. The van der Waals surface area contributed by atoms with Gasteiger partial charge in [0, 0.05) is 17.0 Å². The smallest absolute Gasteiger partial charge is 0.331 e. The number of hydrogen-bond donors (Lipinski definition) is 1. The third-order valence-corrected chi connectivity index (χ3v) is 4.35. The molecule has 0 aliphatic carbocycles. The standard InChI is InChI=1S/C22H23BrFNO3/c1-22(2,3)28-21(27)13-9-15-8-11-17(23)19(14-15)25-20(26)12-10-16-6-4-5-7-18(16)24/h4-9,11,13-14H,10,12H2,1-3H3,(H,25,26)/b13-9+. The van der Waals surface area contributed by atoms with Crippen LogP contribution in [-0.2, 0) is 20.7 Å². The lowest BCUT2D eigenvalue weighted by atomic mass is 10.1. The van der Waals surface area contributed by atoms with Gasteiger partial charge in [-0.25, -0.2) is 9.18 Å². The number of nitrogens with one attached hydrogen (secondary N) is 1. The van der Waals surface area contributed by atoms with E-state index >= 15 is 0 Å². The Kier molecular flexibility index (Phi) is 7.52. The molecule has 2 aromatic rings. The summed E-state index contributed by atoms with van der Waals surface area (Å²) in [5.41, 5.74) is 1.26. The molecular weight excluding hydrogens is 425 g/mol. The second kappa shape index (κ2) is 9.64. The van der Waals surface area contributed by atoms with Crippen molar-refractivity contribution >= 4 is 39.6 Å². The van der Waals surface area contributed by atoms with Gasteiger partial charge in [0.25, 0.3) is 0 Å². The van der Waals surface area contributed by atoms with E-state index < -0.39 is 11.6 Å². The molecule has 1 N–H and O–H groups in total. The molecule has 0 aliphatic heterocycles. The Morgan fingerprint density at radius 3 is 2.57 bits per heavy atom. The first kappa shape index (κ1) is 21.8. The molecule has 0 radical (unpaired) electrons. The summed E-state index contributed by atoms with van der Waals surface area (Å²) < 4.78 is 19.6. The Labute approximate surface area is 172 Å². The number of carbonyl (C=O) groups excluding carboxylic acids is 2. The van der Waals surface area contributed by atoms with Crippen molar-refractivity contribution in [1.82, 2.24) is 0 Å². The monoisotopic (exact) mass is 447 g/mol. The topological polar surface area (TPSA) is 55.4 Å². The minimum atomic E-state index is -0.557. The zero-order valence-electron chi connectivity index (χ0n) is 16.1. The number of hydrogen-bond acceptors (Lipinski definition) is 3. The molecule has 28 heavy (non-hydrogen) atoms. The Hall–Kier alpha value is -2.47. The third kappa shape index (κ3) is 7.27. The molecule has 1 amide bonds. The molecule has 148 valence electrons. The molecule has 0 spiro atoms. The van der Waals surface area contributed by atoms with Crippen LogP contribution >= 0.6 is 15.9 Å². The fourth-order valence-corrected chi connectivity index (χ4v) is 2.75. The quantitative estimate of drug-likeness (QED) is 0.468. The lowest BCUT2D eigenvalue weighted by molar-refractivity contribution is -0.148. The van der Waals surface area contributed by atoms with Crippen LogP contribution in [0.2, 0.25) is 0 Å². The van der Waals surface area contributed by atoms with Crippen molar-refractivity contribution in [2.24, 2.45) is 0 Å². The Balaban J connectivity index is 1.99. The van der Waals surface area contributed by atoms with E-state index in [0.29, 0.717) is 22.1 Å². The van der Waals surface area contributed by atoms with E-state index in [9.17, 15) is 14.0 Å². The van der Waals surface area contributed by atoms with Crippen LogP contribution in [-0.4, -0.2) is 17.5 Å². The Morgan fingerprint density at radius 2 is 1.89 bits per heavy atom. The van der Waals surface area contributed by atoms with Gasteiger partial charge in [-0.3, -0.25) is 4.79 Å². The average Bonchev–Trinajstić information content (AvgIpc) is 2.60. The number of rotatable bonds is 6. The van der Waals surface area contributed by atoms with Gasteiger partial charge in [0.2, 0.25) is 5.91 Å². The molecule has 4 nitrogen and oxygen atoms in total. The Bertz CT molecular complexity index is 888. The average molecular weight is 448 g/mol. The van der Waals surface area contributed by atoms with Crippen LogP contribution in [0.5, 0.6) is 0 Å². The highest BCUT2D eigenvalue weighted by Crippen LogP contribution is 2.25. The lowest BCUT2D eigenvalue weighted by Gasteiger charge is -2.17. The zero-order valence-corrected chi connectivity index (χ0v) is 17.7. The van der Waals surface area contributed by atoms with E-state index in [0.717, 1.165) is 5.56 Å². The third-order valence-electron chi connectivity index (χ3n) is 3.66. The number of esters is 1. The van der Waals surface area contributed by atoms with Crippen LogP contribution < -0.4 is 5.32 Å². The van der Waals surface area contributed by atoms with Gasteiger partial charge in [-0.2, -0.15) is 0 Å². The summed E-state index contributed by atoms with van der Waals surface area (Å²) in [7, 11) is 0. The first-order valence-corrected chi connectivity index (χ1v) is 9.67. The molecule has 0 aromatic heterocycles. The van der Waals surface area contributed by atoms with Gasteiger partial charge in [0.15, 0.2) is 0 Å². The molecule has 0 heterocycles. The van der Waals surface area contributed by atoms with Gasteiger partial charge in [0.1, 0.15) is 11.4 Å². The van der Waals surface area contributed by atoms with Crippen LogP contribution in [0.15, 0.2) is 53.0 Å². The van der Waals surface area contributed by atoms with E-state index in [-0.39, 0.29) is 18.1 Å². The molecule has 0 saturated heterocycles. The molecule has 0 fully saturated rings. The summed E-state index contributed by atoms with van der Waals surface area (Å²) in [5, 5.41) is 2.81. The van der Waals surface area contributed by atoms with Crippen molar-refractivity contribution < 1.29 is 18.7 Å². The molecule has 0 aliphatic rings. The summed E-state index contributed by atoms with van der Waals surface area (Å²) in [6.45, 7) is 5.40. The molecule has 0 atom stereocenters. The van der Waals surface area contributed by atoms with Gasteiger partial charge in [-0.15, -0.1) is 0 Å². The highest BCUT2D eigenvalue weighted by atomic mass is 79.9. The van der Waals surface area contributed by atoms with E-state index in [1.165, 1.54) is 12.1 Å². The van der Waals surface area contributed by atoms with Gasteiger partial charge >= 0.3 is 5.97 Å². The normalized spacial score (nSPS) is 11.5. The van der Waals surface area contributed by atoms with E-state index in [2.05, 4.69) is 21.2 Å². The first-order chi connectivity index (χ1) is 13.1.